The number of aromatic nitrogens is 1. The normalized spacial score (nSPS) is 15.1. The number of carbonyl (C=O) groups is 1. The van der Waals surface area contributed by atoms with Gasteiger partial charge in [0.2, 0.25) is 0 Å². The number of aldehydes is 1. The molecule has 1 aromatic rings. The molecule has 0 bridgehead atoms. The summed E-state index contributed by atoms with van der Waals surface area (Å²) in [5, 5.41) is 5.89. The van der Waals surface area contributed by atoms with Crippen LogP contribution in [-0.2, 0) is 4.79 Å². The molecule has 0 saturated carbocycles. The van der Waals surface area contributed by atoms with Crippen LogP contribution in [0.5, 0.6) is 0 Å². The Morgan fingerprint density at radius 1 is 1.43 bits per heavy atom. The molecular weight excluding hydrogens is 421 g/mol. The number of nitrogens with zero attached hydrogens (tertiary/aromatic N) is 3. The van der Waals surface area contributed by atoms with Crippen LogP contribution in [0.4, 0.5) is 4.48 Å². The predicted octanol–water partition coefficient (Wildman–Crippen LogP) is 4.48. The molecule has 1 aromatic heterocycles. The van der Waals surface area contributed by atoms with Gasteiger partial charge >= 0.3 is 0 Å². The third-order valence-corrected chi connectivity index (χ3v) is 5.43. The highest BCUT2D eigenvalue weighted by Crippen LogP contribution is 2.31. The summed E-state index contributed by atoms with van der Waals surface area (Å²) in [6.07, 6.45) is 8.37. The van der Waals surface area contributed by atoms with Gasteiger partial charge in [-0.15, -0.1) is 33.1 Å². The van der Waals surface area contributed by atoms with Crippen molar-refractivity contribution in [1.29, 1.82) is 0 Å². The molecule has 9 heteroatoms. The van der Waals surface area contributed by atoms with Crippen LogP contribution >= 0.6 is 23.5 Å². The van der Waals surface area contributed by atoms with Crippen molar-refractivity contribution in [2.75, 3.05) is 18.7 Å². The number of amidine groups is 1. The van der Waals surface area contributed by atoms with Gasteiger partial charge in [0.15, 0.2) is 0 Å². The van der Waals surface area contributed by atoms with E-state index in [9.17, 15) is 4.48 Å². The number of rotatable bonds is 7. The van der Waals surface area contributed by atoms with Crippen LogP contribution in [-0.4, -0.2) is 40.9 Å². The summed E-state index contributed by atoms with van der Waals surface area (Å²) >= 11 is 2.97. The first-order valence-electron chi connectivity index (χ1n) is 9.16. The van der Waals surface area contributed by atoms with Crippen molar-refractivity contribution < 1.29 is 9.28 Å². The second kappa shape index (κ2) is 14.6. The molecule has 0 spiro atoms. The molecular formula is C21H28FN5OS2. The number of nitrogens with one attached hydrogen (secondary N) is 1. The number of hydrogen-bond acceptors (Lipinski definition) is 8. The Labute approximate surface area is 186 Å². The number of nitrogens with two attached hydrogens (primary N) is 1. The second-order valence-corrected chi connectivity index (χ2v) is 7.90. The topological polar surface area (TPSA) is 83.6 Å². The highest BCUT2D eigenvalue weighted by molar-refractivity contribution is 8.04. The van der Waals surface area contributed by atoms with Crippen molar-refractivity contribution in [3.63, 3.8) is 0 Å². The van der Waals surface area contributed by atoms with Crippen molar-refractivity contribution >= 4 is 41.7 Å². The standard InChI is InChI=1S/C19H24FN5S2.C2H4O/c1-14(7-6-9-16-8-4-5-10-22-16)23-18-12-26-11-17(24-18)19(15(2)21)27-13-25(3)20;1-2-3/h4-11H,12-13,21H2,1-3H3,(H,23,24);2H,1H3/b9-6-,14-7+,19-15-;. The Balaban J connectivity index is 0.00000141. The van der Waals surface area contributed by atoms with Crippen molar-refractivity contribution in [3.8, 4) is 0 Å². The molecule has 0 fully saturated rings. The average Bonchev–Trinajstić information content (AvgIpc) is 2.69. The van der Waals surface area contributed by atoms with Gasteiger partial charge in [-0.05, 0) is 50.5 Å². The molecule has 0 unspecified atom stereocenters. The first kappa shape index (κ1) is 25.7. The monoisotopic (exact) mass is 449 g/mol. The Morgan fingerprint density at radius 3 is 2.77 bits per heavy atom. The fraction of sp³-hybridized carbons (Fsp3) is 0.286. The highest BCUT2D eigenvalue weighted by Gasteiger charge is 2.15. The number of aliphatic imine (C=N–C) groups is 1. The number of thioether (sulfide) groups is 2. The zero-order valence-electron chi connectivity index (χ0n) is 17.6. The van der Waals surface area contributed by atoms with Gasteiger partial charge in [-0.1, -0.05) is 12.1 Å². The lowest BCUT2D eigenvalue weighted by Crippen LogP contribution is -2.25. The Hall–Kier alpha value is -2.36. The number of carbonyl (C=O) groups excluding carboxylic acids is 1. The highest BCUT2D eigenvalue weighted by atomic mass is 32.2. The summed E-state index contributed by atoms with van der Waals surface area (Å²) in [6, 6.07) is 5.79. The number of halogens is 1. The van der Waals surface area contributed by atoms with Gasteiger partial charge in [0, 0.05) is 24.6 Å². The van der Waals surface area contributed by atoms with E-state index < -0.39 is 0 Å². The fourth-order valence-corrected chi connectivity index (χ4v) is 3.72. The van der Waals surface area contributed by atoms with Crippen LogP contribution in [0.25, 0.3) is 6.08 Å². The van der Waals surface area contributed by atoms with Crippen LogP contribution in [0.1, 0.15) is 26.5 Å². The lowest BCUT2D eigenvalue weighted by molar-refractivity contribution is -0.106. The summed E-state index contributed by atoms with van der Waals surface area (Å²) in [5.74, 6) is 1.77. The van der Waals surface area contributed by atoms with Crippen LogP contribution < -0.4 is 11.1 Å². The van der Waals surface area contributed by atoms with E-state index in [1.165, 1.54) is 25.7 Å². The van der Waals surface area contributed by atoms with E-state index in [1.54, 1.807) is 24.9 Å². The van der Waals surface area contributed by atoms with E-state index in [4.69, 9.17) is 10.5 Å². The lowest BCUT2D eigenvalue weighted by Gasteiger charge is -2.17. The van der Waals surface area contributed by atoms with E-state index in [1.807, 2.05) is 48.8 Å². The van der Waals surface area contributed by atoms with Crippen molar-refractivity contribution in [2.45, 2.75) is 20.8 Å². The molecule has 0 saturated heterocycles. The minimum Gasteiger partial charge on any atom is -0.401 e. The quantitative estimate of drug-likeness (QED) is 0.275. The predicted molar refractivity (Wildman–Crippen MR) is 128 cm³/mol. The molecule has 1 aliphatic rings. The lowest BCUT2D eigenvalue weighted by atomic mass is 10.3. The Bertz CT molecular complexity index is 829. The van der Waals surface area contributed by atoms with Gasteiger partial charge in [-0.3, -0.25) is 4.98 Å². The molecule has 6 nitrogen and oxygen atoms in total. The zero-order chi connectivity index (χ0) is 22.4. The number of hydrogen-bond donors (Lipinski definition) is 2. The third kappa shape index (κ3) is 10.4. The smallest absolute Gasteiger partial charge is 0.117 e. The molecule has 162 valence electrons. The Morgan fingerprint density at radius 2 is 2.17 bits per heavy atom. The van der Waals surface area contributed by atoms with Crippen LogP contribution in [0.3, 0.4) is 0 Å². The first-order valence-corrected chi connectivity index (χ1v) is 11.2. The van der Waals surface area contributed by atoms with E-state index in [2.05, 4.69) is 15.3 Å². The van der Waals surface area contributed by atoms with Gasteiger partial charge in [0.25, 0.3) is 0 Å². The third-order valence-electron chi connectivity index (χ3n) is 3.29. The largest absolute Gasteiger partial charge is 0.401 e. The molecule has 0 aromatic carbocycles. The maximum Gasteiger partial charge on any atom is 0.117 e. The van der Waals surface area contributed by atoms with Crippen LogP contribution in [0.2, 0.25) is 0 Å². The fourth-order valence-electron chi connectivity index (χ4n) is 2.15. The van der Waals surface area contributed by atoms with Crippen molar-refractivity contribution in [1.82, 2.24) is 15.4 Å². The maximum absolute atomic E-state index is 13.0. The van der Waals surface area contributed by atoms with Gasteiger partial charge in [-0.2, -0.15) is 0 Å². The van der Waals surface area contributed by atoms with Gasteiger partial charge in [0.1, 0.15) is 12.1 Å². The minimum absolute atomic E-state index is 0.196. The van der Waals surface area contributed by atoms with E-state index in [-0.39, 0.29) is 5.88 Å². The summed E-state index contributed by atoms with van der Waals surface area (Å²) in [4.78, 5) is 18.5. The van der Waals surface area contributed by atoms with Crippen LogP contribution in [0, 0.1) is 0 Å². The van der Waals surface area contributed by atoms with Gasteiger partial charge in [-0.25, -0.2) is 4.99 Å². The Kier molecular flexibility index (Phi) is 12.5. The maximum atomic E-state index is 13.0. The van der Waals surface area contributed by atoms with Crippen LogP contribution in [0.15, 0.2) is 68.9 Å². The molecule has 0 amide bonds. The average molecular weight is 450 g/mol. The van der Waals surface area contributed by atoms with E-state index in [0.717, 1.165) is 39.9 Å². The second-order valence-electron chi connectivity index (χ2n) is 6.09. The molecule has 0 aliphatic carbocycles. The van der Waals surface area contributed by atoms with Gasteiger partial charge < -0.3 is 15.8 Å². The number of allylic oxidation sites excluding steroid dienone is 4. The van der Waals surface area contributed by atoms with E-state index >= 15 is 0 Å². The SMILES string of the molecule is C/C(N)=C(/SCN(C)F)C1=CSCC(N/C(C)=C/C=C\c2ccccn2)=N1.CC=O. The van der Waals surface area contributed by atoms with Crippen molar-refractivity contribution in [3.05, 3.63) is 69.6 Å². The molecule has 1 aliphatic heterocycles. The molecule has 30 heavy (non-hydrogen) atoms. The van der Waals surface area contributed by atoms with Crippen molar-refractivity contribution in [2.24, 2.45) is 10.7 Å². The summed E-state index contributed by atoms with van der Waals surface area (Å²) < 4.78 is 13.0. The molecule has 0 radical (unpaired) electrons. The first-order chi connectivity index (χ1) is 14.4. The molecule has 3 N–H and O–H groups in total. The summed E-state index contributed by atoms with van der Waals surface area (Å²) in [7, 11) is 1.38. The van der Waals surface area contributed by atoms with E-state index in [0.29, 0.717) is 10.8 Å². The molecule has 2 rings (SSSR count). The minimum atomic E-state index is 0.196. The summed E-state index contributed by atoms with van der Waals surface area (Å²) in [6.45, 7) is 5.22. The molecule has 0 atom stereocenters. The molecule has 2 heterocycles. The summed E-state index contributed by atoms with van der Waals surface area (Å²) in [5.41, 5.74) is 9.23. The van der Waals surface area contributed by atoms with Gasteiger partial charge in [0.05, 0.1) is 27.9 Å². The zero-order valence-corrected chi connectivity index (χ0v) is 19.3. The number of pyridine rings is 1.